The van der Waals surface area contributed by atoms with Gasteiger partial charge < -0.3 is 9.30 Å². The van der Waals surface area contributed by atoms with Crippen molar-refractivity contribution in [3.8, 4) is 5.75 Å². The molecule has 4 nitrogen and oxygen atoms in total. The van der Waals surface area contributed by atoms with Crippen LogP contribution in [0.3, 0.4) is 0 Å². The second kappa shape index (κ2) is 8.38. The average Bonchev–Trinajstić information content (AvgIpc) is 2.81. The quantitative estimate of drug-likeness (QED) is 0.520. The highest BCUT2D eigenvalue weighted by Crippen LogP contribution is 2.23. The molecule has 5 heteroatoms. The number of Topliss-reactive ketones (excluding diaryl/α,β-unsaturated/α-hetero) is 1. The second-order valence-electron chi connectivity index (χ2n) is 6.24. The zero-order valence-corrected chi connectivity index (χ0v) is 15.9. The van der Waals surface area contributed by atoms with Crippen LogP contribution in [-0.2, 0) is 6.54 Å². The largest absolute Gasteiger partial charge is 0.494 e. The van der Waals surface area contributed by atoms with E-state index in [-0.39, 0.29) is 5.78 Å². The van der Waals surface area contributed by atoms with Crippen LogP contribution >= 0.6 is 11.8 Å². The number of ketones is 1. The highest BCUT2D eigenvalue weighted by atomic mass is 32.2. The fourth-order valence-electron chi connectivity index (χ4n) is 2.43. The van der Waals surface area contributed by atoms with Crippen molar-refractivity contribution in [3.05, 3.63) is 41.2 Å². The number of imidazole rings is 1. The first-order chi connectivity index (χ1) is 11.4. The number of nitrogens with zero attached hydrogens (tertiary/aromatic N) is 2. The Bertz CT molecular complexity index is 690. The van der Waals surface area contributed by atoms with Crippen LogP contribution in [0.4, 0.5) is 0 Å². The Morgan fingerprint density at radius 1 is 1.25 bits per heavy atom. The molecule has 2 aromatic rings. The summed E-state index contributed by atoms with van der Waals surface area (Å²) in [5.74, 6) is 1.83. The molecule has 0 aliphatic carbocycles. The number of rotatable bonds is 8. The monoisotopic (exact) mass is 346 g/mol. The van der Waals surface area contributed by atoms with Crippen LogP contribution < -0.4 is 4.74 Å². The summed E-state index contributed by atoms with van der Waals surface area (Å²) in [7, 11) is 0. The summed E-state index contributed by atoms with van der Waals surface area (Å²) >= 11 is 1.51. The normalized spacial score (nSPS) is 11.1. The molecule has 0 saturated heterocycles. The van der Waals surface area contributed by atoms with E-state index in [0.29, 0.717) is 23.8 Å². The Kier molecular flexibility index (Phi) is 6.49. The van der Waals surface area contributed by atoms with E-state index in [1.165, 1.54) is 17.5 Å². The maximum absolute atomic E-state index is 12.4. The number of carbonyl (C=O) groups is 1. The summed E-state index contributed by atoms with van der Waals surface area (Å²) in [5.41, 5.74) is 2.92. The van der Waals surface area contributed by atoms with Crippen molar-refractivity contribution in [3.63, 3.8) is 0 Å². The molecule has 1 aromatic carbocycles. The van der Waals surface area contributed by atoms with E-state index < -0.39 is 0 Å². The third kappa shape index (κ3) is 4.63. The zero-order chi connectivity index (χ0) is 17.7. The fourth-order valence-corrected chi connectivity index (χ4v) is 3.43. The van der Waals surface area contributed by atoms with Crippen molar-refractivity contribution in [1.82, 2.24) is 9.55 Å². The van der Waals surface area contributed by atoms with Gasteiger partial charge in [0.15, 0.2) is 10.9 Å². The highest BCUT2D eigenvalue weighted by molar-refractivity contribution is 7.99. The lowest BCUT2D eigenvalue weighted by molar-refractivity contribution is 0.102. The Hall–Kier alpha value is -1.75. The first-order valence-corrected chi connectivity index (χ1v) is 9.33. The third-order valence-corrected chi connectivity index (χ3v) is 4.77. The van der Waals surface area contributed by atoms with Crippen LogP contribution in [0.15, 0.2) is 29.4 Å². The van der Waals surface area contributed by atoms with Crippen LogP contribution in [0, 0.1) is 19.8 Å². The smallest absolute Gasteiger partial charge is 0.173 e. The van der Waals surface area contributed by atoms with Gasteiger partial charge in [0, 0.05) is 17.8 Å². The van der Waals surface area contributed by atoms with Gasteiger partial charge in [0.25, 0.3) is 0 Å². The molecule has 0 bridgehead atoms. The first kappa shape index (κ1) is 18.6. The number of ether oxygens (including phenoxy) is 1. The lowest BCUT2D eigenvalue weighted by Crippen LogP contribution is -2.09. The molecule has 0 amide bonds. The van der Waals surface area contributed by atoms with Gasteiger partial charge in [-0.2, -0.15) is 0 Å². The standard InChI is InChI=1S/C19H26N2O2S/c1-6-23-17-9-7-16(8-10-17)18(22)12-24-19-20-14(4)15(5)21(19)11-13(2)3/h7-10,13H,6,11-12H2,1-5H3. The minimum atomic E-state index is 0.109. The van der Waals surface area contributed by atoms with E-state index in [4.69, 9.17) is 4.74 Å². The van der Waals surface area contributed by atoms with Gasteiger partial charge >= 0.3 is 0 Å². The Morgan fingerprint density at radius 3 is 2.50 bits per heavy atom. The molecule has 0 radical (unpaired) electrons. The number of aromatic nitrogens is 2. The SMILES string of the molecule is CCOc1ccc(C(=O)CSc2nc(C)c(C)n2CC(C)C)cc1. The molecule has 0 atom stereocenters. The van der Waals surface area contributed by atoms with E-state index in [1.807, 2.05) is 38.1 Å². The van der Waals surface area contributed by atoms with Crippen molar-refractivity contribution < 1.29 is 9.53 Å². The van der Waals surface area contributed by atoms with Gasteiger partial charge in [-0.25, -0.2) is 4.98 Å². The van der Waals surface area contributed by atoms with Gasteiger partial charge in [0.2, 0.25) is 0 Å². The lowest BCUT2D eigenvalue weighted by Gasteiger charge is -2.12. The molecule has 1 aromatic heterocycles. The van der Waals surface area contributed by atoms with Crippen LogP contribution in [0.25, 0.3) is 0 Å². The maximum atomic E-state index is 12.4. The number of hydrogen-bond acceptors (Lipinski definition) is 4. The second-order valence-corrected chi connectivity index (χ2v) is 7.18. The predicted octanol–water partition coefficient (Wildman–Crippen LogP) is 4.53. The average molecular weight is 346 g/mol. The number of hydrogen-bond donors (Lipinski definition) is 0. The summed E-state index contributed by atoms with van der Waals surface area (Å²) in [5, 5.41) is 0.929. The molecule has 0 N–H and O–H groups in total. The zero-order valence-electron chi connectivity index (χ0n) is 15.1. The molecule has 0 aliphatic heterocycles. The van der Waals surface area contributed by atoms with Crippen molar-refractivity contribution in [2.45, 2.75) is 46.3 Å². The minimum Gasteiger partial charge on any atom is -0.494 e. The van der Waals surface area contributed by atoms with Crippen LogP contribution in [0.5, 0.6) is 5.75 Å². The third-order valence-electron chi connectivity index (χ3n) is 3.79. The molecule has 0 saturated carbocycles. The van der Waals surface area contributed by atoms with Crippen LogP contribution in [-0.4, -0.2) is 27.7 Å². The highest BCUT2D eigenvalue weighted by Gasteiger charge is 2.15. The van der Waals surface area contributed by atoms with Gasteiger partial charge in [-0.3, -0.25) is 4.79 Å². The Labute approximate surface area is 148 Å². The molecule has 0 aliphatic rings. The summed E-state index contributed by atoms with van der Waals surface area (Å²) in [6.45, 7) is 12.0. The van der Waals surface area contributed by atoms with Crippen molar-refractivity contribution in [2.75, 3.05) is 12.4 Å². The van der Waals surface area contributed by atoms with E-state index in [2.05, 4.69) is 30.3 Å². The van der Waals surface area contributed by atoms with Crippen molar-refractivity contribution >= 4 is 17.5 Å². The molecule has 0 spiro atoms. The predicted molar refractivity (Wildman–Crippen MR) is 99.2 cm³/mol. The number of thioether (sulfide) groups is 1. The maximum Gasteiger partial charge on any atom is 0.173 e. The Balaban J connectivity index is 2.04. The lowest BCUT2D eigenvalue weighted by atomic mass is 10.1. The summed E-state index contributed by atoms with van der Waals surface area (Å²) < 4.78 is 7.63. The molecule has 24 heavy (non-hydrogen) atoms. The number of aryl methyl sites for hydroxylation is 1. The van der Waals surface area contributed by atoms with Crippen molar-refractivity contribution in [2.24, 2.45) is 5.92 Å². The van der Waals surface area contributed by atoms with Gasteiger partial charge in [-0.1, -0.05) is 25.6 Å². The van der Waals surface area contributed by atoms with E-state index in [9.17, 15) is 4.79 Å². The molecule has 130 valence electrons. The molecule has 0 unspecified atom stereocenters. The van der Waals surface area contributed by atoms with Crippen LogP contribution in [0.1, 0.15) is 42.5 Å². The molecular formula is C19H26N2O2S. The summed E-state index contributed by atoms with van der Waals surface area (Å²) in [4.78, 5) is 17.0. The van der Waals surface area contributed by atoms with Crippen LogP contribution in [0.2, 0.25) is 0 Å². The molecular weight excluding hydrogens is 320 g/mol. The summed E-state index contributed by atoms with van der Waals surface area (Å²) in [6, 6.07) is 7.33. The number of benzene rings is 1. The van der Waals surface area contributed by atoms with Gasteiger partial charge in [-0.05, 0) is 51.0 Å². The number of carbonyl (C=O) groups excluding carboxylic acids is 1. The summed E-state index contributed by atoms with van der Waals surface area (Å²) in [6.07, 6.45) is 0. The van der Waals surface area contributed by atoms with Gasteiger partial charge in [-0.15, -0.1) is 0 Å². The van der Waals surface area contributed by atoms with Gasteiger partial charge in [0.1, 0.15) is 5.75 Å². The molecule has 1 heterocycles. The molecule has 2 rings (SSSR count). The minimum absolute atomic E-state index is 0.109. The first-order valence-electron chi connectivity index (χ1n) is 8.35. The van der Waals surface area contributed by atoms with E-state index in [1.54, 1.807) is 0 Å². The Morgan fingerprint density at radius 2 is 1.92 bits per heavy atom. The molecule has 0 fully saturated rings. The fraction of sp³-hybridized carbons (Fsp3) is 0.474. The van der Waals surface area contributed by atoms with E-state index >= 15 is 0 Å². The van der Waals surface area contributed by atoms with Gasteiger partial charge in [0.05, 0.1) is 18.1 Å². The van der Waals surface area contributed by atoms with Crippen molar-refractivity contribution in [1.29, 1.82) is 0 Å². The topological polar surface area (TPSA) is 44.1 Å². The van der Waals surface area contributed by atoms with E-state index in [0.717, 1.165) is 23.1 Å².